The summed E-state index contributed by atoms with van der Waals surface area (Å²) < 4.78 is 7.52. The lowest BCUT2D eigenvalue weighted by molar-refractivity contribution is 0.101. The predicted molar refractivity (Wildman–Crippen MR) is 85.7 cm³/mol. The second kappa shape index (κ2) is 6.08. The topological polar surface area (TPSA) is 76.7 Å². The molecule has 4 rings (SSSR count). The number of aromatic amines is 1. The Balaban J connectivity index is 1.52. The predicted octanol–water partition coefficient (Wildman–Crippen LogP) is 3.10. The van der Waals surface area contributed by atoms with Gasteiger partial charge in [-0.1, -0.05) is 11.8 Å². The van der Waals surface area contributed by atoms with Gasteiger partial charge in [-0.3, -0.25) is 9.36 Å². The summed E-state index contributed by atoms with van der Waals surface area (Å²) in [6, 6.07) is 7.42. The zero-order valence-electron chi connectivity index (χ0n) is 12.4. The molecule has 6 nitrogen and oxygen atoms in total. The monoisotopic (exact) mass is 328 g/mol. The van der Waals surface area contributed by atoms with Crippen LogP contribution in [0.4, 0.5) is 0 Å². The molecule has 0 aromatic carbocycles. The molecule has 0 unspecified atom stereocenters. The number of hydrogen-bond acceptors (Lipinski definition) is 5. The molecule has 1 fully saturated rings. The maximum absolute atomic E-state index is 12.1. The maximum Gasteiger partial charge on any atom is 0.192 e. The van der Waals surface area contributed by atoms with E-state index in [4.69, 9.17) is 4.42 Å². The second-order valence-corrected chi connectivity index (χ2v) is 6.52. The lowest BCUT2D eigenvalue weighted by atomic mass is 10.3. The first kappa shape index (κ1) is 14.3. The molecule has 0 atom stereocenters. The third-order valence-electron chi connectivity index (χ3n) is 3.81. The number of Topliss-reactive ketones (excluding diaryl/α,β-unsaturated/α-hetero) is 1. The highest BCUT2D eigenvalue weighted by Crippen LogP contribution is 2.40. The molecular weight excluding hydrogens is 312 g/mol. The molecule has 0 amide bonds. The van der Waals surface area contributed by atoms with Gasteiger partial charge >= 0.3 is 0 Å². The highest BCUT2D eigenvalue weighted by atomic mass is 32.2. The summed E-state index contributed by atoms with van der Waals surface area (Å²) in [6.45, 7) is 0.602. The number of aromatic nitrogens is 4. The largest absolute Gasteiger partial charge is 0.467 e. The summed E-state index contributed by atoms with van der Waals surface area (Å²) in [5.41, 5.74) is 0.622. The minimum atomic E-state index is 0.0560. The fraction of sp³-hybridized carbons (Fsp3) is 0.312. The van der Waals surface area contributed by atoms with E-state index in [0.29, 0.717) is 23.9 Å². The van der Waals surface area contributed by atoms with Gasteiger partial charge in [0.2, 0.25) is 0 Å². The third kappa shape index (κ3) is 3.10. The quantitative estimate of drug-likeness (QED) is 0.533. The molecule has 3 heterocycles. The molecule has 1 aliphatic carbocycles. The van der Waals surface area contributed by atoms with Crippen molar-refractivity contribution in [1.29, 1.82) is 0 Å². The van der Waals surface area contributed by atoms with Gasteiger partial charge in [0.25, 0.3) is 0 Å². The molecule has 0 bridgehead atoms. The zero-order valence-corrected chi connectivity index (χ0v) is 13.3. The Morgan fingerprint density at radius 3 is 2.96 bits per heavy atom. The number of carbonyl (C=O) groups is 1. The number of carbonyl (C=O) groups excluding carboxylic acids is 1. The fourth-order valence-electron chi connectivity index (χ4n) is 2.47. The minimum absolute atomic E-state index is 0.0560. The van der Waals surface area contributed by atoms with Crippen molar-refractivity contribution < 1.29 is 9.21 Å². The summed E-state index contributed by atoms with van der Waals surface area (Å²) >= 11 is 1.42. The maximum atomic E-state index is 12.1. The van der Waals surface area contributed by atoms with Crippen LogP contribution in [0, 0.1) is 0 Å². The van der Waals surface area contributed by atoms with Gasteiger partial charge < -0.3 is 9.40 Å². The van der Waals surface area contributed by atoms with Gasteiger partial charge in [-0.25, -0.2) is 0 Å². The first-order valence-corrected chi connectivity index (χ1v) is 8.54. The van der Waals surface area contributed by atoms with E-state index in [2.05, 4.69) is 19.7 Å². The van der Waals surface area contributed by atoms with Crippen molar-refractivity contribution in [1.82, 2.24) is 19.7 Å². The van der Waals surface area contributed by atoms with Crippen LogP contribution in [0.3, 0.4) is 0 Å². The van der Waals surface area contributed by atoms with E-state index in [1.54, 1.807) is 18.5 Å². The molecule has 1 saturated carbocycles. The van der Waals surface area contributed by atoms with Crippen LogP contribution >= 0.6 is 11.8 Å². The van der Waals surface area contributed by atoms with E-state index in [1.165, 1.54) is 11.8 Å². The Kier molecular flexibility index (Phi) is 3.78. The molecular formula is C16H16N4O2S. The van der Waals surface area contributed by atoms with Crippen molar-refractivity contribution in [3.05, 3.63) is 54.0 Å². The Morgan fingerprint density at radius 2 is 2.26 bits per heavy atom. The van der Waals surface area contributed by atoms with E-state index in [-0.39, 0.29) is 5.78 Å². The molecule has 0 spiro atoms. The van der Waals surface area contributed by atoms with Crippen molar-refractivity contribution in [2.24, 2.45) is 0 Å². The number of nitrogens with zero attached hydrogens (tertiary/aromatic N) is 3. The molecule has 0 saturated heterocycles. The lowest BCUT2D eigenvalue weighted by Gasteiger charge is -2.07. The smallest absolute Gasteiger partial charge is 0.192 e. The van der Waals surface area contributed by atoms with Crippen LogP contribution in [0.2, 0.25) is 0 Å². The van der Waals surface area contributed by atoms with Gasteiger partial charge in [0, 0.05) is 12.1 Å². The molecule has 3 aromatic heterocycles. The van der Waals surface area contributed by atoms with Gasteiger partial charge in [-0.2, -0.15) is 0 Å². The molecule has 118 valence electrons. The van der Waals surface area contributed by atoms with Crippen LogP contribution < -0.4 is 0 Å². The number of H-pyrrole nitrogens is 1. The van der Waals surface area contributed by atoms with Crippen molar-refractivity contribution >= 4 is 17.5 Å². The van der Waals surface area contributed by atoms with Crippen LogP contribution in [0.25, 0.3) is 0 Å². The van der Waals surface area contributed by atoms with Crippen LogP contribution in [0.1, 0.15) is 40.8 Å². The van der Waals surface area contributed by atoms with E-state index >= 15 is 0 Å². The SMILES string of the molecule is O=C(CSc1nnc(C2CC2)n1Cc1ccco1)c1ccc[nH]1. The highest BCUT2D eigenvalue weighted by Gasteiger charge is 2.30. The van der Waals surface area contributed by atoms with Crippen LogP contribution in [0.5, 0.6) is 0 Å². The molecule has 7 heteroatoms. The van der Waals surface area contributed by atoms with E-state index in [9.17, 15) is 4.79 Å². The lowest BCUT2D eigenvalue weighted by Crippen LogP contribution is -2.08. The van der Waals surface area contributed by atoms with E-state index < -0.39 is 0 Å². The van der Waals surface area contributed by atoms with Crippen molar-refractivity contribution in [2.45, 2.75) is 30.5 Å². The molecule has 1 N–H and O–H groups in total. The number of hydrogen-bond donors (Lipinski definition) is 1. The first-order chi connectivity index (χ1) is 11.3. The number of thioether (sulfide) groups is 1. The Morgan fingerprint density at radius 1 is 1.35 bits per heavy atom. The Bertz CT molecular complexity index is 788. The van der Waals surface area contributed by atoms with E-state index in [0.717, 1.165) is 29.6 Å². The van der Waals surface area contributed by atoms with Gasteiger partial charge in [-0.05, 0) is 37.1 Å². The van der Waals surface area contributed by atoms with Gasteiger partial charge in [-0.15, -0.1) is 10.2 Å². The average Bonchev–Trinajstić information content (AvgIpc) is 3.02. The summed E-state index contributed by atoms with van der Waals surface area (Å²) in [6.07, 6.45) is 5.73. The van der Waals surface area contributed by atoms with Crippen LogP contribution in [0.15, 0.2) is 46.3 Å². The van der Waals surface area contributed by atoms with Crippen molar-refractivity contribution in [2.75, 3.05) is 5.75 Å². The molecule has 0 aliphatic heterocycles. The summed E-state index contributed by atoms with van der Waals surface area (Å²) in [7, 11) is 0. The Labute approximate surface area is 137 Å². The number of nitrogens with one attached hydrogen (secondary N) is 1. The summed E-state index contributed by atoms with van der Waals surface area (Å²) in [5.74, 6) is 2.74. The van der Waals surface area contributed by atoms with Gasteiger partial charge in [0.1, 0.15) is 11.6 Å². The normalized spacial score (nSPS) is 14.3. The average molecular weight is 328 g/mol. The highest BCUT2D eigenvalue weighted by molar-refractivity contribution is 7.99. The number of rotatable bonds is 7. The molecule has 0 radical (unpaired) electrons. The zero-order chi connectivity index (χ0) is 15.6. The third-order valence-corrected chi connectivity index (χ3v) is 4.78. The standard InChI is InChI=1S/C16H16N4O2S/c21-14(13-4-1-7-17-13)10-23-16-19-18-15(11-5-6-11)20(16)9-12-3-2-8-22-12/h1-4,7-8,11,17H,5-6,9-10H2. The number of furan rings is 1. The first-order valence-electron chi connectivity index (χ1n) is 7.56. The minimum Gasteiger partial charge on any atom is -0.467 e. The van der Waals surface area contributed by atoms with Crippen molar-refractivity contribution in [3.8, 4) is 0 Å². The number of ketones is 1. The molecule has 23 heavy (non-hydrogen) atoms. The summed E-state index contributed by atoms with van der Waals surface area (Å²) in [5, 5.41) is 9.38. The second-order valence-electron chi connectivity index (χ2n) is 5.58. The van der Waals surface area contributed by atoms with Crippen LogP contribution in [-0.2, 0) is 6.54 Å². The van der Waals surface area contributed by atoms with Gasteiger partial charge in [0.05, 0.1) is 24.3 Å². The molecule has 1 aliphatic rings. The molecule has 3 aromatic rings. The van der Waals surface area contributed by atoms with Crippen molar-refractivity contribution in [3.63, 3.8) is 0 Å². The summed E-state index contributed by atoms with van der Waals surface area (Å²) in [4.78, 5) is 15.1. The van der Waals surface area contributed by atoms with E-state index in [1.807, 2.05) is 18.2 Å². The Hall–Kier alpha value is -2.28. The fourth-order valence-corrected chi connectivity index (χ4v) is 3.30. The van der Waals surface area contributed by atoms with Gasteiger partial charge in [0.15, 0.2) is 10.9 Å². The van der Waals surface area contributed by atoms with Crippen LogP contribution in [-0.4, -0.2) is 31.3 Å².